The highest BCUT2D eigenvalue weighted by atomic mass is 17.2. The molecule has 0 radical (unpaired) electrons. The zero-order chi connectivity index (χ0) is 15.9. The minimum atomic E-state index is -0.706. The number of rotatable bonds is 8. The molecule has 21 heavy (non-hydrogen) atoms. The van der Waals surface area contributed by atoms with Gasteiger partial charge in [0.25, 0.3) is 0 Å². The molecule has 0 aromatic heterocycles. The number of esters is 1. The van der Waals surface area contributed by atoms with E-state index in [0.29, 0.717) is 12.2 Å². The molecule has 0 bridgehead atoms. The summed E-state index contributed by atoms with van der Waals surface area (Å²) in [5.74, 6) is 0.453. The molecule has 120 valence electrons. The predicted octanol–water partition coefficient (Wildman–Crippen LogP) is 4.66. The summed E-state index contributed by atoms with van der Waals surface area (Å²) in [6, 6.07) is 0. The second kappa shape index (κ2) is 8.23. The summed E-state index contributed by atoms with van der Waals surface area (Å²) in [6.45, 7) is 10.1. The summed E-state index contributed by atoms with van der Waals surface area (Å²) in [4.78, 5) is 22.0. The lowest BCUT2D eigenvalue weighted by Crippen LogP contribution is -2.19. The van der Waals surface area contributed by atoms with Crippen LogP contribution in [0.5, 0.6) is 0 Å². The van der Waals surface area contributed by atoms with Gasteiger partial charge in [-0.1, -0.05) is 39.7 Å². The Morgan fingerprint density at radius 2 is 2.10 bits per heavy atom. The molecule has 0 aromatic rings. The fourth-order valence-electron chi connectivity index (χ4n) is 2.27. The van der Waals surface area contributed by atoms with Crippen LogP contribution in [0.15, 0.2) is 23.5 Å². The highest BCUT2D eigenvalue weighted by molar-refractivity contribution is 5.69. The second-order valence-corrected chi connectivity index (χ2v) is 6.34. The van der Waals surface area contributed by atoms with Crippen molar-refractivity contribution in [2.75, 3.05) is 0 Å². The first-order valence-corrected chi connectivity index (χ1v) is 7.76. The molecular formula is C17H28O4. The van der Waals surface area contributed by atoms with E-state index in [-0.39, 0.29) is 11.4 Å². The molecular weight excluding hydrogens is 268 g/mol. The Morgan fingerprint density at radius 3 is 2.71 bits per heavy atom. The smallest absolute Gasteiger partial charge is 0.308 e. The van der Waals surface area contributed by atoms with Gasteiger partial charge in [-0.05, 0) is 36.8 Å². The number of allylic oxidation sites excluding steroid dienone is 3. The average Bonchev–Trinajstić information content (AvgIpc) is 2.37. The van der Waals surface area contributed by atoms with Crippen molar-refractivity contribution in [1.29, 1.82) is 0 Å². The first-order valence-electron chi connectivity index (χ1n) is 7.76. The van der Waals surface area contributed by atoms with Gasteiger partial charge in [-0.15, -0.1) is 4.89 Å². The highest BCUT2D eigenvalue weighted by Gasteiger charge is 2.22. The number of unbranched alkanes of at least 4 members (excludes halogenated alkanes) is 2. The lowest BCUT2D eigenvalue weighted by molar-refractivity contribution is -0.340. The van der Waals surface area contributed by atoms with Crippen molar-refractivity contribution in [3.8, 4) is 0 Å². The van der Waals surface area contributed by atoms with E-state index in [1.807, 2.05) is 13.0 Å². The molecule has 0 saturated carbocycles. The number of carbonyl (C=O) groups is 1. The van der Waals surface area contributed by atoms with E-state index in [9.17, 15) is 4.79 Å². The number of carbonyl (C=O) groups excluding carboxylic acids is 1. The molecule has 0 aromatic carbocycles. The van der Waals surface area contributed by atoms with Crippen LogP contribution in [-0.4, -0.2) is 12.3 Å². The fourth-order valence-corrected chi connectivity index (χ4v) is 2.27. The van der Waals surface area contributed by atoms with Gasteiger partial charge in [-0.25, -0.2) is 0 Å². The van der Waals surface area contributed by atoms with Crippen molar-refractivity contribution in [3.63, 3.8) is 0 Å². The summed E-state index contributed by atoms with van der Waals surface area (Å²) in [5, 5.41) is 0. The SMILES string of the molecule is CCCCCC(=O)OC(C)OOC1=C(C)CC(C)(C)C=C1. The maximum absolute atomic E-state index is 11.5. The van der Waals surface area contributed by atoms with E-state index in [0.717, 1.165) is 31.3 Å². The van der Waals surface area contributed by atoms with Crippen LogP contribution in [0.2, 0.25) is 0 Å². The zero-order valence-electron chi connectivity index (χ0n) is 13.9. The first-order chi connectivity index (χ1) is 9.84. The Balaban J connectivity index is 2.32. The monoisotopic (exact) mass is 296 g/mol. The van der Waals surface area contributed by atoms with Crippen LogP contribution in [0, 0.1) is 5.41 Å². The van der Waals surface area contributed by atoms with E-state index < -0.39 is 6.29 Å². The van der Waals surface area contributed by atoms with Crippen molar-refractivity contribution < 1.29 is 19.3 Å². The van der Waals surface area contributed by atoms with E-state index in [4.69, 9.17) is 14.5 Å². The minimum absolute atomic E-state index is 0.147. The minimum Gasteiger partial charge on any atom is -0.432 e. The molecule has 0 heterocycles. The topological polar surface area (TPSA) is 44.8 Å². The molecule has 0 N–H and O–H groups in total. The van der Waals surface area contributed by atoms with Crippen molar-refractivity contribution >= 4 is 5.97 Å². The number of hydrogen-bond donors (Lipinski definition) is 0. The van der Waals surface area contributed by atoms with Crippen LogP contribution in [0.1, 0.15) is 66.7 Å². The van der Waals surface area contributed by atoms with Crippen molar-refractivity contribution in [2.45, 2.75) is 73.0 Å². The maximum atomic E-state index is 11.5. The highest BCUT2D eigenvalue weighted by Crippen LogP contribution is 2.33. The molecule has 1 rings (SSSR count). The van der Waals surface area contributed by atoms with Crippen molar-refractivity contribution in [1.82, 2.24) is 0 Å². The molecule has 1 aliphatic rings. The number of hydrogen-bond acceptors (Lipinski definition) is 4. The maximum Gasteiger partial charge on any atom is 0.308 e. The van der Waals surface area contributed by atoms with Crippen LogP contribution in [0.4, 0.5) is 0 Å². The normalized spacial score (nSPS) is 18.5. The second-order valence-electron chi connectivity index (χ2n) is 6.34. The Hall–Kier alpha value is -1.29. The van der Waals surface area contributed by atoms with Gasteiger partial charge in [-0.2, -0.15) is 0 Å². The third kappa shape index (κ3) is 6.80. The fraction of sp³-hybridized carbons (Fsp3) is 0.706. The lowest BCUT2D eigenvalue weighted by Gasteiger charge is -2.26. The summed E-state index contributed by atoms with van der Waals surface area (Å²) >= 11 is 0. The van der Waals surface area contributed by atoms with Crippen LogP contribution < -0.4 is 0 Å². The third-order valence-corrected chi connectivity index (χ3v) is 3.38. The molecule has 1 aliphatic carbocycles. The molecule has 0 aliphatic heterocycles. The Bertz CT molecular complexity index is 407. The Kier molecular flexibility index (Phi) is 6.96. The van der Waals surface area contributed by atoms with Crippen molar-refractivity contribution in [3.05, 3.63) is 23.5 Å². The van der Waals surface area contributed by atoms with Crippen LogP contribution in [0.25, 0.3) is 0 Å². The van der Waals surface area contributed by atoms with Crippen LogP contribution in [0.3, 0.4) is 0 Å². The first kappa shape index (κ1) is 17.8. The van der Waals surface area contributed by atoms with E-state index >= 15 is 0 Å². The molecule has 0 saturated heterocycles. The zero-order valence-corrected chi connectivity index (χ0v) is 13.9. The lowest BCUT2D eigenvalue weighted by atomic mass is 9.82. The third-order valence-electron chi connectivity index (χ3n) is 3.38. The molecule has 1 unspecified atom stereocenters. The van der Waals surface area contributed by atoms with E-state index in [1.54, 1.807) is 6.92 Å². The van der Waals surface area contributed by atoms with Gasteiger partial charge in [0, 0.05) is 13.3 Å². The van der Waals surface area contributed by atoms with Gasteiger partial charge in [0.1, 0.15) is 0 Å². The molecule has 4 heteroatoms. The summed E-state index contributed by atoms with van der Waals surface area (Å²) < 4.78 is 5.13. The summed E-state index contributed by atoms with van der Waals surface area (Å²) in [5.41, 5.74) is 1.28. The van der Waals surface area contributed by atoms with E-state index in [1.165, 1.54) is 0 Å². The van der Waals surface area contributed by atoms with Crippen LogP contribution >= 0.6 is 0 Å². The Labute approximate surface area is 128 Å². The number of ether oxygens (including phenoxy) is 1. The predicted molar refractivity (Wildman–Crippen MR) is 82.1 cm³/mol. The molecule has 1 atom stereocenters. The van der Waals surface area contributed by atoms with Gasteiger partial charge in [0.05, 0.1) is 0 Å². The van der Waals surface area contributed by atoms with Gasteiger partial charge in [-0.3, -0.25) is 4.79 Å². The molecule has 0 amide bonds. The van der Waals surface area contributed by atoms with Crippen molar-refractivity contribution in [2.24, 2.45) is 5.41 Å². The van der Waals surface area contributed by atoms with E-state index in [2.05, 4.69) is 26.8 Å². The molecule has 0 fully saturated rings. The standard InChI is InChI=1S/C17H28O4/c1-6-7-8-9-16(18)19-14(3)20-21-15-10-11-17(4,5)12-13(15)2/h10-11,14H,6-9,12H2,1-5H3. The molecule has 0 spiro atoms. The van der Waals surface area contributed by atoms with Gasteiger partial charge in [0.2, 0.25) is 6.29 Å². The molecule has 4 nitrogen and oxygen atoms in total. The average molecular weight is 296 g/mol. The quantitative estimate of drug-likeness (QED) is 0.215. The summed E-state index contributed by atoms with van der Waals surface area (Å²) in [6.07, 6.45) is 7.62. The van der Waals surface area contributed by atoms with Gasteiger partial charge in [0.15, 0.2) is 5.76 Å². The van der Waals surface area contributed by atoms with Crippen LogP contribution in [-0.2, 0) is 19.3 Å². The van der Waals surface area contributed by atoms with Gasteiger partial charge >= 0.3 is 5.97 Å². The van der Waals surface area contributed by atoms with Gasteiger partial charge < -0.3 is 9.62 Å². The largest absolute Gasteiger partial charge is 0.432 e. The summed E-state index contributed by atoms with van der Waals surface area (Å²) in [7, 11) is 0. The Morgan fingerprint density at radius 1 is 1.38 bits per heavy atom.